The number of rotatable bonds is 3. The molecular weight excluding hydrogens is 209 g/mol. The van der Waals surface area contributed by atoms with E-state index in [1.54, 1.807) is 7.05 Å². The van der Waals surface area contributed by atoms with Crippen molar-refractivity contribution in [2.75, 3.05) is 33.9 Å². The maximum atomic E-state index is 12.2. The molecule has 2 atom stereocenters. The van der Waals surface area contributed by atoms with E-state index in [0.717, 1.165) is 6.42 Å². The molecule has 1 heterocycles. The molecule has 1 N–H and O–H groups in total. The highest BCUT2D eigenvalue weighted by atomic mass is 19.4. The lowest BCUT2D eigenvalue weighted by atomic mass is 10.0. The summed E-state index contributed by atoms with van der Waals surface area (Å²) in [4.78, 5) is 1.31. The lowest BCUT2D eigenvalue weighted by Crippen LogP contribution is -2.55. The van der Waals surface area contributed by atoms with E-state index < -0.39 is 12.7 Å². The van der Waals surface area contributed by atoms with Crippen molar-refractivity contribution in [3.63, 3.8) is 0 Å². The van der Waals surface area contributed by atoms with Gasteiger partial charge in [-0.2, -0.15) is 13.2 Å². The number of nitrogens with zero attached hydrogens (tertiary/aromatic N) is 1. The highest BCUT2D eigenvalue weighted by molar-refractivity contribution is 4.85. The van der Waals surface area contributed by atoms with Crippen molar-refractivity contribution < 1.29 is 17.9 Å². The van der Waals surface area contributed by atoms with E-state index in [9.17, 15) is 13.2 Å². The van der Waals surface area contributed by atoms with Crippen LogP contribution in [0.4, 0.5) is 13.2 Å². The van der Waals surface area contributed by atoms with Gasteiger partial charge in [-0.05, 0) is 20.5 Å². The molecule has 0 radical (unpaired) electrons. The molecule has 0 bridgehead atoms. The summed E-state index contributed by atoms with van der Waals surface area (Å²) in [5.41, 5.74) is 0. The third-order valence-electron chi connectivity index (χ3n) is 2.69. The first-order valence-electron chi connectivity index (χ1n) is 4.96. The Balaban J connectivity index is 2.52. The number of alkyl halides is 3. The molecular formula is C9H17F3N2O. The summed E-state index contributed by atoms with van der Waals surface area (Å²) in [5.74, 6) is 0. The van der Waals surface area contributed by atoms with Gasteiger partial charge < -0.3 is 10.1 Å². The van der Waals surface area contributed by atoms with Gasteiger partial charge in [0.2, 0.25) is 0 Å². The number of hydrogen-bond donors (Lipinski definition) is 1. The molecule has 6 heteroatoms. The van der Waals surface area contributed by atoms with E-state index in [-0.39, 0.29) is 12.1 Å². The molecule has 0 saturated carbocycles. The minimum Gasteiger partial charge on any atom is -0.380 e. The minimum atomic E-state index is -4.15. The largest absolute Gasteiger partial charge is 0.401 e. The van der Waals surface area contributed by atoms with Gasteiger partial charge in [-0.15, -0.1) is 0 Å². The fraction of sp³-hybridized carbons (Fsp3) is 1.00. The average molecular weight is 226 g/mol. The number of hydrogen-bond acceptors (Lipinski definition) is 3. The van der Waals surface area contributed by atoms with Crippen LogP contribution in [-0.2, 0) is 4.74 Å². The zero-order valence-electron chi connectivity index (χ0n) is 8.97. The Bertz CT molecular complexity index is 198. The lowest BCUT2D eigenvalue weighted by molar-refractivity contribution is -0.153. The van der Waals surface area contributed by atoms with Gasteiger partial charge in [-0.1, -0.05) is 0 Å². The molecule has 0 aromatic heterocycles. The summed E-state index contributed by atoms with van der Waals surface area (Å²) >= 11 is 0. The monoisotopic (exact) mass is 226 g/mol. The van der Waals surface area contributed by atoms with Gasteiger partial charge in [0.15, 0.2) is 0 Å². The highest BCUT2D eigenvalue weighted by Crippen LogP contribution is 2.20. The van der Waals surface area contributed by atoms with Crippen molar-refractivity contribution in [2.24, 2.45) is 0 Å². The van der Waals surface area contributed by atoms with E-state index >= 15 is 0 Å². The predicted molar refractivity (Wildman–Crippen MR) is 50.8 cm³/mol. The Morgan fingerprint density at radius 2 is 2.13 bits per heavy atom. The van der Waals surface area contributed by atoms with Crippen LogP contribution in [0.25, 0.3) is 0 Å². The van der Waals surface area contributed by atoms with Gasteiger partial charge in [-0.25, -0.2) is 0 Å². The molecule has 0 spiro atoms. The summed E-state index contributed by atoms with van der Waals surface area (Å²) in [5, 5.41) is 3.03. The van der Waals surface area contributed by atoms with Gasteiger partial charge in [0, 0.05) is 18.7 Å². The average Bonchev–Trinajstić information content (AvgIpc) is 2.15. The van der Waals surface area contributed by atoms with Crippen LogP contribution in [0.2, 0.25) is 0 Å². The van der Waals surface area contributed by atoms with Gasteiger partial charge in [-0.3, -0.25) is 4.90 Å². The second-order valence-electron chi connectivity index (χ2n) is 3.86. The second-order valence-corrected chi connectivity index (χ2v) is 3.86. The molecule has 1 saturated heterocycles. The summed E-state index contributed by atoms with van der Waals surface area (Å²) in [6, 6.07) is -0.128. The van der Waals surface area contributed by atoms with Gasteiger partial charge in [0.1, 0.15) is 0 Å². The smallest absolute Gasteiger partial charge is 0.380 e. The van der Waals surface area contributed by atoms with E-state index in [1.807, 2.05) is 0 Å². The molecule has 90 valence electrons. The Labute approximate surface area is 87.6 Å². The van der Waals surface area contributed by atoms with Crippen LogP contribution < -0.4 is 5.32 Å². The lowest BCUT2D eigenvalue weighted by Gasteiger charge is -2.37. The minimum absolute atomic E-state index is 0.0751. The predicted octanol–water partition coefficient (Wildman–Crippen LogP) is 0.857. The molecule has 1 aliphatic rings. The van der Waals surface area contributed by atoms with E-state index in [2.05, 4.69) is 5.32 Å². The van der Waals surface area contributed by atoms with E-state index in [4.69, 9.17) is 4.74 Å². The van der Waals surface area contributed by atoms with Crippen molar-refractivity contribution in [3.8, 4) is 0 Å². The zero-order chi connectivity index (χ0) is 11.5. The highest BCUT2D eigenvalue weighted by Gasteiger charge is 2.35. The van der Waals surface area contributed by atoms with Gasteiger partial charge in [0.25, 0.3) is 0 Å². The Kier molecular flexibility index (Phi) is 4.36. The van der Waals surface area contributed by atoms with Crippen LogP contribution in [0.15, 0.2) is 0 Å². The molecule has 0 aromatic rings. The van der Waals surface area contributed by atoms with Crippen LogP contribution >= 0.6 is 0 Å². The van der Waals surface area contributed by atoms with Crippen molar-refractivity contribution in [1.82, 2.24) is 10.2 Å². The maximum absolute atomic E-state index is 12.2. The zero-order valence-corrected chi connectivity index (χ0v) is 8.97. The fourth-order valence-corrected chi connectivity index (χ4v) is 1.89. The van der Waals surface area contributed by atoms with Gasteiger partial charge >= 0.3 is 6.18 Å². The SMILES string of the molecule is CNC1CCOCC1N(C)CC(F)(F)F. The van der Waals surface area contributed by atoms with Gasteiger partial charge in [0.05, 0.1) is 13.2 Å². The van der Waals surface area contributed by atoms with Crippen LogP contribution in [0.5, 0.6) is 0 Å². The second kappa shape index (κ2) is 5.14. The summed E-state index contributed by atoms with van der Waals surface area (Å²) in [7, 11) is 3.25. The molecule has 1 rings (SSSR count). The molecule has 1 aliphatic heterocycles. The van der Waals surface area contributed by atoms with Crippen molar-refractivity contribution in [2.45, 2.75) is 24.7 Å². The van der Waals surface area contributed by atoms with Crippen molar-refractivity contribution in [3.05, 3.63) is 0 Å². The number of nitrogens with one attached hydrogen (secondary N) is 1. The van der Waals surface area contributed by atoms with Crippen LogP contribution in [0.3, 0.4) is 0 Å². The third kappa shape index (κ3) is 3.96. The molecule has 1 fully saturated rings. The summed E-state index contributed by atoms with van der Waals surface area (Å²) in [6.07, 6.45) is -3.39. The molecule has 15 heavy (non-hydrogen) atoms. The van der Waals surface area contributed by atoms with Crippen LogP contribution in [0.1, 0.15) is 6.42 Å². The summed E-state index contributed by atoms with van der Waals surface area (Å²) in [6.45, 7) is 0.0825. The Hall–Kier alpha value is -0.330. The normalized spacial score (nSPS) is 28.4. The van der Waals surface area contributed by atoms with Crippen molar-refractivity contribution in [1.29, 1.82) is 0 Å². The van der Waals surface area contributed by atoms with E-state index in [0.29, 0.717) is 13.2 Å². The first kappa shape index (κ1) is 12.7. The third-order valence-corrected chi connectivity index (χ3v) is 2.69. The number of likely N-dealkylation sites (N-methyl/N-ethyl adjacent to an activating group) is 2. The topological polar surface area (TPSA) is 24.5 Å². The quantitative estimate of drug-likeness (QED) is 0.772. The molecule has 0 aliphatic carbocycles. The standard InChI is InChI=1S/C9H17F3N2O/c1-13-7-3-4-15-5-8(7)14(2)6-9(10,11)12/h7-8,13H,3-6H2,1-2H3. The molecule has 2 unspecified atom stereocenters. The molecule has 0 amide bonds. The maximum Gasteiger partial charge on any atom is 0.401 e. The van der Waals surface area contributed by atoms with E-state index in [1.165, 1.54) is 11.9 Å². The van der Waals surface area contributed by atoms with Crippen molar-refractivity contribution >= 4 is 0 Å². The first-order valence-corrected chi connectivity index (χ1v) is 4.96. The number of ether oxygens (including phenoxy) is 1. The van der Waals surface area contributed by atoms with Crippen LogP contribution in [0, 0.1) is 0 Å². The summed E-state index contributed by atoms with van der Waals surface area (Å²) < 4.78 is 41.8. The first-order chi connectivity index (χ1) is 6.94. The van der Waals surface area contributed by atoms with Crippen LogP contribution in [-0.4, -0.2) is 57.0 Å². The number of halogens is 3. The molecule has 0 aromatic carbocycles. The fourth-order valence-electron chi connectivity index (χ4n) is 1.89. The molecule has 3 nitrogen and oxygen atoms in total. The Morgan fingerprint density at radius 1 is 1.47 bits per heavy atom. The Morgan fingerprint density at radius 3 is 2.67 bits per heavy atom.